The Morgan fingerprint density at radius 1 is 0.642 bits per heavy atom. The minimum Gasteiger partial charge on any atom is -0.481 e. The van der Waals surface area contributed by atoms with Crippen molar-refractivity contribution in [2.75, 3.05) is 68.5 Å². The first-order chi connectivity index (χ1) is 25.4. The van der Waals surface area contributed by atoms with Crippen molar-refractivity contribution < 1.29 is 19.6 Å². The summed E-state index contributed by atoms with van der Waals surface area (Å²) >= 11 is 0. The summed E-state index contributed by atoms with van der Waals surface area (Å²) in [6, 6.07) is 21.0. The van der Waals surface area contributed by atoms with Crippen molar-refractivity contribution in [1.29, 1.82) is 0 Å². The number of nitrogens with zero attached hydrogens (tertiary/aromatic N) is 2. The van der Waals surface area contributed by atoms with Crippen LogP contribution in [0.3, 0.4) is 0 Å². The zero-order chi connectivity index (χ0) is 40.0. The number of benzene rings is 2. The van der Waals surface area contributed by atoms with Crippen LogP contribution in [-0.2, 0) is 20.4 Å². The zero-order valence-corrected chi connectivity index (χ0v) is 36.1. The lowest BCUT2D eigenvalue weighted by Crippen LogP contribution is -3.05. The Morgan fingerprint density at radius 3 is 1.40 bits per heavy atom. The second kappa shape index (κ2) is 30.6. The van der Waals surface area contributed by atoms with Crippen LogP contribution in [-0.4, -0.2) is 95.2 Å². The first-order valence-electron chi connectivity index (χ1n) is 21.0. The SMILES string of the molecule is CCCCC(CCCC)(CC(=O)N(C)CCC[NH+](C)C)c1ccccc1.CCCCC(CCCC)(CC(=O)O)c1ccccc1.CNCCCN(C)C. The molecule has 53 heavy (non-hydrogen) atoms. The van der Waals surface area contributed by atoms with Gasteiger partial charge in [0.05, 0.1) is 27.1 Å². The van der Waals surface area contributed by atoms with E-state index in [-0.39, 0.29) is 17.3 Å². The summed E-state index contributed by atoms with van der Waals surface area (Å²) in [7, 11) is 12.5. The molecule has 0 aliphatic heterocycles. The van der Waals surface area contributed by atoms with Crippen LogP contribution < -0.4 is 10.2 Å². The average molecular weight is 740 g/mol. The summed E-state index contributed by atoms with van der Waals surface area (Å²) in [5.74, 6) is -0.383. The molecule has 7 heteroatoms. The molecule has 0 spiro atoms. The van der Waals surface area contributed by atoms with Gasteiger partial charge in [0.1, 0.15) is 0 Å². The van der Waals surface area contributed by atoms with Gasteiger partial charge in [-0.3, -0.25) is 9.59 Å². The van der Waals surface area contributed by atoms with Crippen molar-refractivity contribution in [3.8, 4) is 0 Å². The quantitative estimate of drug-likeness (QED) is 0.0843. The zero-order valence-electron chi connectivity index (χ0n) is 36.1. The number of carbonyl (C=O) groups is 2. The summed E-state index contributed by atoms with van der Waals surface area (Å²) < 4.78 is 0. The predicted molar refractivity (Wildman–Crippen MR) is 228 cm³/mol. The van der Waals surface area contributed by atoms with Crippen molar-refractivity contribution in [2.45, 2.75) is 141 Å². The van der Waals surface area contributed by atoms with Crippen LogP contribution in [0.4, 0.5) is 0 Å². The second-order valence-corrected chi connectivity index (χ2v) is 15.8. The summed E-state index contributed by atoms with van der Waals surface area (Å²) in [6.45, 7) is 13.1. The Hall–Kier alpha value is -2.74. The number of unbranched alkanes of at least 4 members (excludes halogenated alkanes) is 4. The number of nitrogens with one attached hydrogen (secondary N) is 2. The van der Waals surface area contributed by atoms with Crippen LogP contribution in [0, 0.1) is 0 Å². The van der Waals surface area contributed by atoms with Gasteiger partial charge in [0.15, 0.2) is 0 Å². The molecule has 0 heterocycles. The largest absolute Gasteiger partial charge is 0.481 e. The number of aliphatic carboxylic acids is 1. The van der Waals surface area contributed by atoms with E-state index in [2.05, 4.69) is 109 Å². The minimum atomic E-state index is -0.684. The van der Waals surface area contributed by atoms with E-state index in [1.807, 2.05) is 37.2 Å². The molecule has 0 aromatic heterocycles. The van der Waals surface area contributed by atoms with Crippen molar-refractivity contribution in [2.24, 2.45) is 0 Å². The van der Waals surface area contributed by atoms with Crippen LogP contribution in [0.2, 0.25) is 0 Å². The van der Waals surface area contributed by atoms with Gasteiger partial charge in [-0.25, -0.2) is 0 Å². The lowest BCUT2D eigenvalue weighted by atomic mass is 9.70. The highest BCUT2D eigenvalue weighted by Crippen LogP contribution is 2.40. The maximum Gasteiger partial charge on any atom is 0.304 e. The van der Waals surface area contributed by atoms with Crippen molar-refractivity contribution >= 4 is 11.9 Å². The van der Waals surface area contributed by atoms with E-state index in [9.17, 15) is 14.7 Å². The van der Waals surface area contributed by atoms with Gasteiger partial charge in [0.25, 0.3) is 0 Å². The number of carboxylic acid groups (broad SMARTS) is 1. The highest BCUT2D eigenvalue weighted by molar-refractivity contribution is 5.77. The number of hydrogen-bond acceptors (Lipinski definition) is 4. The molecule has 2 aromatic carbocycles. The van der Waals surface area contributed by atoms with Crippen molar-refractivity contribution in [1.82, 2.24) is 15.1 Å². The first kappa shape index (κ1) is 50.3. The maximum atomic E-state index is 13.1. The Bertz CT molecular complexity index is 1140. The number of rotatable bonds is 26. The molecular weight excluding hydrogens is 657 g/mol. The number of hydrogen-bond donors (Lipinski definition) is 3. The Balaban J connectivity index is 0.000000872. The van der Waals surface area contributed by atoms with E-state index in [1.165, 1.54) is 54.7 Å². The van der Waals surface area contributed by atoms with Gasteiger partial charge in [0, 0.05) is 37.3 Å². The van der Waals surface area contributed by atoms with Gasteiger partial charge in [-0.05, 0) is 77.5 Å². The number of quaternary nitrogens is 1. The van der Waals surface area contributed by atoms with Crippen LogP contribution in [0.25, 0.3) is 0 Å². The number of amides is 1. The molecule has 0 fully saturated rings. The summed E-state index contributed by atoms with van der Waals surface area (Å²) in [4.78, 5) is 30.0. The Kier molecular flexibility index (Phi) is 29.0. The highest BCUT2D eigenvalue weighted by atomic mass is 16.4. The minimum absolute atomic E-state index is 0.00851. The van der Waals surface area contributed by atoms with Gasteiger partial charge in [-0.2, -0.15) is 0 Å². The van der Waals surface area contributed by atoms with Gasteiger partial charge in [-0.15, -0.1) is 0 Å². The van der Waals surface area contributed by atoms with E-state index >= 15 is 0 Å². The third-order valence-corrected chi connectivity index (χ3v) is 10.4. The van der Waals surface area contributed by atoms with E-state index in [0.717, 1.165) is 77.4 Å². The molecule has 304 valence electrons. The molecular formula is C46H83N4O3+. The average Bonchev–Trinajstić information content (AvgIpc) is 3.14. The third-order valence-electron chi connectivity index (χ3n) is 10.4. The molecule has 0 aliphatic carbocycles. The molecule has 1 amide bonds. The standard InChI is InChI=1S/C23H40N2O.C17H26O2.C6H16N2/c1-6-8-16-23(17-9-7-2,21-14-11-10-12-15-21)20-22(26)25(5)19-13-18-24(3)4;1-3-5-12-17(13-6-4-2,14-16(18)19)15-10-8-7-9-11-15;1-7-5-4-6-8(2)3/h10-12,14-15H,6-9,13,16-20H2,1-5H3;7-11H,3-6,12-14H2,1-2H3,(H,18,19);7H,4-6H2,1-3H3/p+1. The van der Waals surface area contributed by atoms with E-state index in [4.69, 9.17) is 0 Å². The lowest BCUT2D eigenvalue weighted by molar-refractivity contribution is -0.858. The fourth-order valence-electron chi connectivity index (χ4n) is 7.11. The molecule has 0 bridgehead atoms. The van der Waals surface area contributed by atoms with Crippen LogP contribution in [0.5, 0.6) is 0 Å². The molecule has 0 unspecified atom stereocenters. The summed E-state index contributed by atoms with van der Waals surface area (Å²) in [6.07, 6.45) is 16.5. The van der Waals surface area contributed by atoms with Crippen molar-refractivity contribution in [3.63, 3.8) is 0 Å². The molecule has 7 nitrogen and oxygen atoms in total. The third kappa shape index (κ3) is 22.3. The normalized spacial score (nSPS) is 11.5. The maximum absolute atomic E-state index is 13.1. The molecule has 0 atom stereocenters. The van der Waals surface area contributed by atoms with E-state index < -0.39 is 5.97 Å². The summed E-state index contributed by atoms with van der Waals surface area (Å²) in [5, 5.41) is 12.4. The second-order valence-electron chi connectivity index (χ2n) is 15.8. The molecule has 0 saturated carbocycles. The van der Waals surface area contributed by atoms with Crippen LogP contribution in [0.15, 0.2) is 60.7 Å². The predicted octanol–water partition coefficient (Wildman–Crippen LogP) is 8.62. The van der Waals surface area contributed by atoms with E-state index in [1.54, 1.807) is 0 Å². The molecule has 0 aliphatic rings. The summed E-state index contributed by atoms with van der Waals surface area (Å²) in [5.41, 5.74) is 2.35. The van der Waals surface area contributed by atoms with Gasteiger partial charge in [-0.1, -0.05) is 140 Å². The molecule has 3 N–H and O–H groups in total. The van der Waals surface area contributed by atoms with Gasteiger partial charge in [0.2, 0.25) is 5.91 Å². The van der Waals surface area contributed by atoms with Crippen LogP contribution in [0.1, 0.15) is 142 Å². The fourth-order valence-corrected chi connectivity index (χ4v) is 7.11. The monoisotopic (exact) mass is 740 g/mol. The van der Waals surface area contributed by atoms with Gasteiger partial charge < -0.3 is 25.1 Å². The topological polar surface area (TPSA) is 77.3 Å². The molecule has 0 radical (unpaired) electrons. The number of carbonyl (C=O) groups excluding carboxylic acids is 1. The smallest absolute Gasteiger partial charge is 0.304 e. The number of carboxylic acids is 1. The van der Waals surface area contributed by atoms with Gasteiger partial charge >= 0.3 is 5.97 Å². The molecule has 2 aromatic rings. The fraction of sp³-hybridized carbons (Fsp3) is 0.696. The highest BCUT2D eigenvalue weighted by Gasteiger charge is 2.35. The Morgan fingerprint density at radius 2 is 1.06 bits per heavy atom. The van der Waals surface area contributed by atoms with Crippen LogP contribution >= 0.6 is 0 Å². The Labute approximate surface area is 327 Å². The molecule has 0 saturated heterocycles. The molecule has 2 rings (SSSR count). The van der Waals surface area contributed by atoms with E-state index in [0.29, 0.717) is 12.3 Å². The van der Waals surface area contributed by atoms with Crippen molar-refractivity contribution in [3.05, 3.63) is 71.8 Å². The lowest BCUT2D eigenvalue weighted by Gasteiger charge is -2.36. The first-order valence-corrected chi connectivity index (χ1v) is 21.0.